The Kier molecular flexibility index (Phi) is 7.38. The van der Waals surface area contributed by atoms with E-state index in [2.05, 4.69) is 46.3 Å². The quantitative estimate of drug-likeness (QED) is 0.454. The maximum Gasteiger partial charge on any atom is 0.0685 e. The molecular weight excluding hydrogens is 262 g/mol. The Bertz CT molecular complexity index is 294. The van der Waals surface area contributed by atoms with E-state index in [1.807, 2.05) is 6.08 Å². The number of hydroxylamine groups is 2. The summed E-state index contributed by atoms with van der Waals surface area (Å²) in [4.78, 5) is 6.17. The van der Waals surface area contributed by atoms with E-state index in [4.69, 9.17) is 9.57 Å². The molecule has 0 aromatic heterocycles. The molecule has 0 aromatic carbocycles. The van der Waals surface area contributed by atoms with Crippen LogP contribution in [0.15, 0.2) is 12.7 Å². The molecule has 0 N–H and O–H groups in total. The van der Waals surface area contributed by atoms with E-state index in [0.29, 0.717) is 6.61 Å². The first kappa shape index (κ1) is 18.7. The van der Waals surface area contributed by atoms with Gasteiger partial charge in [-0.1, -0.05) is 32.3 Å². The summed E-state index contributed by atoms with van der Waals surface area (Å²) >= 11 is 0. The van der Waals surface area contributed by atoms with Crippen molar-refractivity contribution >= 4 is 0 Å². The van der Waals surface area contributed by atoms with Crippen LogP contribution in [0.4, 0.5) is 0 Å². The highest BCUT2D eigenvalue weighted by atomic mass is 16.7. The van der Waals surface area contributed by atoms with Crippen molar-refractivity contribution in [2.24, 2.45) is 0 Å². The normalized spacial score (nSPS) is 22.3. The minimum atomic E-state index is -0.00164. The van der Waals surface area contributed by atoms with Gasteiger partial charge in [-0.2, -0.15) is 5.06 Å². The summed E-state index contributed by atoms with van der Waals surface area (Å²) in [6.07, 6.45) is 9.09. The minimum absolute atomic E-state index is 0.00164. The van der Waals surface area contributed by atoms with Crippen LogP contribution in [0.5, 0.6) is 0 Å². The second-order valence-electron chi connectivity index (χ2n) is 7.47. The number of hydrogen-bond donors (Lipinski definition) is 0. The third-order valence-electron chi connectivity index (χ3n) is 4.22. The average Bonchev–Trinajstić information content (AvgIpc) is 2.37. The number of nitrogens with zero attached hydrogens (tertiary/aromatic N) is 1. The molecule has 1 saturated heterocycles. The molecule has 1 aliphatic rings. The number of ether oxygens (including phenoxy) is 1. The number of piperidine rings is 1. The molecule has 3 heteroatoms. The zero-order chi connectivity index (χ0) is 15.9. The third kappa shape index (κ3) is 5.72. The van der Waals surface area contributed by atoms with Gasteiger partial charge in [-0.3, -0.25) is 4.84 Å². The fraction of sp³-hybridized carbons (Fsp3) is 0.889. The highest BCUT2D eigenvalue weighted by Gasteiger charge is 2.46. The van der Waals surface area contributed by atoms with Gasteiger partial charge in [-0.15, -0.1) is 6.58 Å². The van der Waals surface area contributed by atoms with Gasteiger partial charge in [0.2, 0.25) is 0 Å². The highest BCUT2D eigenvalue weighted by molar-refractivity contribution is 4.97. The predicted molar refractivity (Wildman–Crippen MR) is 89.3 cm³/mol. The van der Waals surface area contributed by atoms with E-state index in [9.17, 15) is 0 Å². The van der Waals surface area contributed by atoms with Gasteiger partial charge in [0.05, 0.1) is 19.3 Å². The van der Waals surface area contributed by atoms with Crippen LogP contribution in [0.25, 0.3) is 0 Å². The molecule has 0 radical (unpaired) electrons. The summed E-state index contributed by atoms with van der Waals surface area (Å²) in [5, 5.41) is 2.22. The van der Waals surface area contributed by atoms with Gasteiger partial charge in [0.1, 0.15) is 0 Å². The lowest BCUT2D eigenvalue weighted by Crippen LogP contribution is -2.61. The Morgan fingerprint density at radius 3 is 2.24 bits per heavy atom. The summed E-state index contributed by atoms with van der Waals surface area (Å²) in [6.45, 7) is 16.4. The molecule has 0 saturated carbocycles. The fourth-order valence-corrected chi connectivity index (χ4v) is 3.53. The molecule has 1 heterocycles. The number of unbranched alkanes of at least 4 members (excludes halogenated alkanes) is 3. The third-order valence-corrected chi connectivity index (χ3v) is 4.22. The number of hydrogen-bond acceptors (Lipinski definition) is 3. The molecule has 0 spiro atoms. The molecule has 0 atom stereocenters. The van der Waals surface area contributed by atoms with Crippen molar-refractivity contribution in [1.29, 1.82) is 0 Å². The first-order valence-corrected chi connectivity index (χ1v) is 8.49. The molecule has 3 nitrogen and oxygen atoms in total. The first-order valence-electron chi connectivity index (χ1n) is 8.49. The topological polar surface area (TPSA) is 21.7 Å². The van der Waals surface area contributed by atoms with Crippen molar-refractivity contribution < 1.29 is 9.57 Å². The minimum Gasteiger partial charge on any atom is -0.374 e. The van der Waals surface area contributed by atoms with E-state index in [0.717, 1.165) is 25.9 Å². The molecular formula is C18H35NO2. The van der Waals surface area contributed by atoms with Crippen molar-refractivity contribution in [3.8, 4) is 0 Å². The maximum absolute atomic E-state index is 6.17. The second kappa shape index (κ2) is 8.30. The Labute approximate surface area is 131 Å². The predicted octanol–water partition coefficient (Wildman–Crippen LogP) is 4.72. The van der Waals surface area contributed by atoms with Gasteiger partial charge >= 0.3 is 0 Å². The zero-order valence-electron chi connectivity index (χ0n) is 14.8. The summed E-state index contributed by atoms with van der Waals surface area (Å²) in [6, 6.07) is 0. The lowest BCUT2D eigenvalue weighted by molar-refractivity contribution is -0.294. The monoisotopic (exact) mass is 297 g/mol. The SMILES string of the molecule is C=CCOC1CC(C)(C)N(OCCCCCC)C(C)(C)C1. The van der Waals surface area contributed by atoms with Gasteiger partial charge in [0.15, 0.2) is 0 Å². The molecule has 0 bridgehead atoms. The van der Waals surface area contributed by atoms with Crippen LogP contribution < -0.4 is 0 Å². The van der Waals surface area contributed by atoms with Crippen molar-refractivity contribution in [3.63, 3.8) is 0 Å². The standard InChI is InChI=1S/C18H35NO2/c1-7-9-10-11-13-21-19-17(3,4)14-16(20-12-8-2)15-18(19,5)6/h8,16H,2,7,9-15H2,1,3-6H3. The Morgan fingerprint density at radius 2 is 1.71 bits per heavy atom. The molecule has 0 unspecified atom stereocenters. The Balaban J connectivity index is 2.56. The van der Waals surface area contributed by atoms with E-state index in [1.165, 1.54) is 19.3 Å². The van der Waals surface area contributed by atoms with Crippen molar-refractivity contribution in [1.82, 2.24) is 5.06 Å². The highest BCUT2D eigenvalue weighted by Crippen LogP contribution is 2.39. The molecule has 1 aliphatic heterocycles. The van der Waals surface area contributed by atoms with Crippen LogP contribution in [0, 0.1) is 0 Å². The van der Waals surface area contributed by atoms with E-state index in [1.54, 1.807) is 0 Å². The lowest BCUT2D eigenvalue weighted by atomic mass is 9.80. The molecule has 0 aromatic rings. The molecule has 1 fully saturated rings. The zero-order valence-corrected chi connectivity index (χ0v) is 14.8. The van der Waals surface area contributed by atoms with Crippen LogP contribution in [0.3, 0.4) is 0 Å². The van der Waals surface area contributed by atoms with Crippen molar-refractivity contribution in [2.75, 3.05) is 13.2 Å². The van der Waals surface area contributed by atoms with E-state index in [-0.39, 0.29) is 17.2 Å². The van der Waals surface area contributed by atoms with Gasteiger partial charge in [0.25, 0.3) is 0 Å². The maximum atomic E-state index is 6.17. The van der Waals surface area contributed by atoms with Gasteiger partial charge < -0.3 is 4.74 Å². The summed E-state index contributed by atoms with van der Waals surface area (Å²) in [7, 11) is 0. The summed E-state index contributed by atoms with van der Waals surface area (Å²) in [5.74, 6) is 0. The van der Waals surface area contributed by atoms with E-state index < -0.39 is 0 Å². The van der Waals surface area contributed by atoms with E-state index >= 15 is 0 Å². The number of rotatable bonds is 9. The Hall–Kier alpha value is -0.380. The lowest BCUT2D eigenvalue weighted by Gasteiger charge is -2.53. The van der Waals surface area contributed by atoms with Crippen molar-refractivity contribution in [2.45, 2.75) is 90.3 Å². The molecule has 0 aliphatic carbocycles. The summed E-state index contributed by atoms with van der Waals surface area (Å²) < 4.78 is 5.91. The Morgan fingerprint density at radius 1 is 1.10 bits per heavy atom. The molecule has 124 valence electrons. The molecule has 1 rings (SSSR count). The van der Waals surface area contributed by atoms with Crippen LogP contribution in [0.2, 0.25) is 0 Å². The van der Waals surface area contributed by atoms with Crippen LogP contribution in [0.1, 0.15) is 73.1 Å². The van der Waals surface area contributed by atoms with Gasteiger partial charge in [-0.05, 0) is 47.0 Å². The fourth-order valence-electron chi connectivity index (χ4n) is 3.53. The average molecular weight is 297 g/mol. The second-order valence-corrected chi connectivity index (χ2v) is 7.47. The van der Waals surface area contributed by atoms with Crippen LogP contribution >= 0.6 is 0 Å². The van der Waals surface area contributed by atoms with Crippen LogP contribution in [-0.4, -0.2) is 35.5 Å². The largest absolute Gasteiger partial charge is 0.374 e. The van der Waals surface area contributed by atoms with Crippen LogP contribution in [-0.2, 0) is 9.57 Å². The first-order chi connectivity index (χ1) is 9.83. The summed E-state index contributed by atoms with van der Waals surface area (Å²) in [5.41, 5.74) is -0.00329. The van der Waals surface area contributed by atoms with Gasteiger partial charge in [-0.25, -0.2) is 0 Å². The van der Waals surface area contributed by atoms with Crippen molar-refractivity contribution in [3.05, 3.63) is 12.7 Å². The van der Waals surface area contributed by atoms with Gasteiger partial charge in [0, 0.05) is 11.1 Å². The molecule has 0 amide bonds. The smallest absolute Gasteiger partial charge is 0.0685 e. The molecule has 21 heavy (non-hydrogen) atoms.